The van der Waals surface area contributed by atoms with Gasteiger partial charge >= 0.3 is 0 Å². The lowest BCUT2D eigenvalue weighted by molar-refractivity contribution is 0.563. The number of hydrogen-bond acceptors (Lipinski definition) is 4. The normalized spacial score (nSPS) is 10.9. The first-order chi connectivity index (χ1) is 9.60. The number of carbonyl (C=O) groups excluding carboxylic acids is 1. The Labute approximate surface area is 129 Å². The molecule has 0 unspecified atom stereocenters. The van der Waals surface area contributed by atoms with Crippen LogP contribution in [0.5, 0.6) is 0 Å². The number of benzene rings is 2. The van der Waals surface area contributed by atoms with Gasteiger partial charge in [-0.15, -0.1) is 11.3 Å². The van der Waals surface area contributed by atoms with E-state index < -0.39 is 0 Å². The van der Waals surface area contributed by atoms with Crippen molar-refractivity contribution >= 4 is 56.7 Å². The van der Waals surface area contributed by atoms with Crippen molar-refractivity contribution < 1.29 is 4.79 Å². The topological polar surface area (TPSA) is 56.0 Å². The van der Waals surface area contributed by atoms with E-state index in [-0.39, 0.29) is 10.6 Å². The molecule has 1 heterocycles. The SMILES string of the molecule is Nc1ccc2nc(-c3c(Cl)ccc([C]=O)c3Cl)sc2c1. The second-order valence-corrected chi connectivity index (χ2v) is 5.95. The number of nitrogens with zero attached hydrogens (tertiary/aromatic N) is 1. The molecule has 3 rings (SSSR count). The zero-order valence-corrected chi connectivity index (χ0v) is 12.3. The van der Waals surface area contributed by atoms with E-state index in [1.807, 2.05) is 12.1 Å². The summed E-state index contributed by atoms with van der Waals surface area (Å²) in [5.41, 5.74) is 8.05. The van der Waals surface area contributed by atoms with Gasteiger partial charge in [0, 0.05) is 16.8 Å². The first-order valence-corrected chi connectivity index (χ1v) is 7.20. The van der Waals surface area contributed by atoms with Gasteiger partial charge in [0.2, 0.25) is 6.29 Å². The van der Waals surface area contributed by atoms with Gasteiger partial charge in [0.25, 0.3) is 0 Å². The van der Waals surface area contributed by atoms with Crippen LogP contribution in [0.25, 0.3) is 20.8 Å². The second-order valence-electron chi connectivity index (χ2n) is 4.13. The minimum atomic E-state index is 0.263. The van der Waals surface area contributed by atoms with Gasteiger partial charge in [-0.25, -0.2) is 4.98 Å². The highest BCUT2D eigenvalue weighted by atomic mass is 35.5. The predicted octanol–water partition coefficient (Wildman–Crippen LogP) is 4.31. The van der Waals surface area contributed by atoms with E-state index in [9.17, 15) is 4.79 Å². The third kappa shape index (κ3) is 2.16. The van der Waals surface area contributed by atoms with E-state index in [2.05, 4.69) is 4.98 Å². The van der Waals surface area contributed by atoms with E-state index >= 15 is 0 Å². The molecule has 99 valence electrons. The maximum absolute atomic E-state index is 10.9. The van der Waals surface area contributed by atoms with Crippen LogP contribution >= 0.6 is 34.5 Å². The second kappa shape index (κ2) is 5.05. The molecule has 1 aromatic heterocycles. The van der Waals surface area contributed by atoms with Crippen molar-refractivity contribution in [2.45, 2.75) is 0 Å². The van der Waals surface area contributed by atoms with Crippen molar-refractivity contribution in [3.63, 3.8) is 0 Å². The third-order valence-electron chi connectivity index (χ3n) is 2.83. The zero-order valence-electron chi connectivity index (χ0n) is 9.98. The molecule has 0 spiro atoms. The van der Waals surface area contributed by atoms with Crippen LogP contribution < -0.4 is 5.73 Å². The number of anilines is 1. The molecule has 0 aliphatic carbocycles. The summed E-state index contributed by atoms with van der Waals surface area (Å²) in [7, 11) is 0. The van der Waals surface area contributed by atoms with Crippen molar-refractivity contribution in [2.75, 3.05) is 5.73 Å². The van der Waals surface area contributed by atoms with Gasteiger partial charge in [0.15, 0.2) is 0 Å². The lowest BCUT2D eigenvalue weighted by Gasteiger charge is -2.04. The number of fused-ring (bicyclic) bond motifs is 1. The lowest BCUT2D eigenvalue weighted by atomic mass is 10.1. The number of halogens is 2. The van der Waals surface area contributed by atoms with Gasteiger partial charge in [0.1, 0.15) is 5.01 Å². The molecule has 0 bridgehead atoms. The lowest BCUT2D eigenvalue weighted by Crippen LogP contribution is -1.88. The van der Waals surface area contributed by atoms with Crippen molar-refractivity contribution in [3.8, 4) is 10.6 Å². The fourth-order valence-electron chi connectivity index (χ4n) is 1.88. The van der Waals surface area contributed by atoms with Crippen molar-refractivity contribution in [1.82, 2.24) is 4.98 Å². The Bertz CT molecular complexity index is 829. The van der Waals surface area contributed by atoms with Gasteiger partial charge < -0.3 is 5.73 Å². The molecule has 0 aliphatic rings. The fourth-order valence-corrected chi connectivity index (χ4v) is 3.66. The van der Waals surface area contributed by atoms with Gasteiger partial charge in [-0.2, -0.15) is 0 Å². The van der Waals surface area contributed by atoms with Crippen molar-refractivity contribution in [3.05, 3.63) is 45.9 Å². The molecule has 2 N–H and O–H groups in total. The molecule has 0 aliphatic heterocycles. The van der Waals surface area contributed by atoms with Crippen molar-refractivity contribution in [2.24, 2.45) is 0 Å². The Morgan fingerprint density at radius 1 is 1.20 bits per heavy atom. The van der Waals surface area contributed by atoms with Crippen LogP contribution in [0.1, 0.15) is 5.56 Å². The predicted molar refractivity (Wildman–Crippen MR) is 84.3 cm³/mol. The molecular formula is C14H7Cl2N2OS. The summed E-state index contributed by atoms with van der Waals surface area (Å²) in [5.74, 6) is 0. The summed E-state index contributed by atoms with van der Waals surface area (Å²) in [6, 6.07) is 8.61. The molecule has 6 heteroatoms. The van der Waals surface area contributed by atoms with Crippen LogP contribution in [0.2, 0.25) is 10.0 Å². The fraction of sp³-hybridized carbons (Fsp3) is 0. The smallest absolute Gasteiger partial charge is 0.235 e. The monoisotopic (exact) mass is 321 g/mol. The quantitative estimate of drug-likeness (QED) is 0.715. The summed E-state index contributed by atoms with van der Waals surface area (Å²) in [4.78, 5) is 15.3. The van der Waals surface area contributed by atoms with Crippen LogP contribution in [0.15, 0.2) is 30.3 Å². The number of nitrogens with two attached hydrogens (primary N) is 1. The number of rotatable bonds is 2. The summed E-state index contributed by atoms with van der Waals surface area (Å²) in [6.45, 7) is 0. The van der Waals surface area contributed by atoms with Crippen LogP contribution in [-0.2, 0) is 4.79 Å². The van der Waals surface area contributed by atoms with E-state index in [1.165, 1.54) is 17.4 Å². The number of nitrogen functional groups attached to an aromatic ring is 1. The minimum absolute atomic E-state index is 0.263. The van der Waals surface area contributed by atoms with E-state index in [0.29, 0.717) is 21.3 Å². The molecule has 0 amide bonds. The van der Waals surface area contributed by atoms with Gasteiger partial charge in [0.05, 0.1) is 20.3 Å². The third-order valence-corrected chi connectivity index (χ3v) is 4.57. The Morgan fingerprint density at radius 2 is 2.00 bits per heavy atom. The number of hydrogen-bond donors (Lipinski definition) is 1. The maximum atomic E-state index is 10.9. The maximum Gasteiger partial charge on any atom is 0.235 e. The molecule has 3 aromatic rings. The standard InChI is InChI=1S/C14H7Cl2N2OS/c15-9-3-1-7(6-19)13(16)12(9)14-18-10-4-2-8(17)5-11(10)20-14/h1-5H,17H2. The Kier molecular flexibility index (Phi) is 3.38. The summed E-state index contributed by atoms with van der Waals surface area (Å²) in [5, 5.41) is 1.36. The minimum Gasteiger partial charge on any atom is -0.399 e. The largest absolute Gasteiger partial charge is 0.399 e. The van der Waals surface area contributed by atoms with E-state index in [0.717, 1.165) is 10.2 Å². The van der Waals surface area contributed by atoms with Crippen LogP contribution in [0.4, 0.5) is 5.69 Å². The van der Waals surface area contributed by atoms with E-state index in [4.69, 9.17) is 28.9 Å². The van der Waals surface area contributed by atoms with Crippen LogP contribution in [0.3, 0.4) is 0 Å². The van der Waals surface area contributed by atoms with Gasteiger partial charge in [-0.05, 0) is 30.3 Å². The Balaban J connectivity index is 2.27. The van der Waals surface area contributed by atoms with Crippen LogP contribution in [0, 0.1) is 0 Å². The van der Waals surface area contributed by atoms with Gasteiger partial charge in [-0.3, -0.25) is 4.79 Å². The highest BCUT2D eigenvalue weighted by Crippen LogP contribution is 2.40. The highest BCUT2D eigenvalue weighted by molar-refractivity contribution is 7.21. The average Bonchev–Trinajstić information content (AvgIpc) is 2.81. The molecular weight excluding hydrogens is 315 g/mol. The average molecular weight is 322 g/mol. The summed E-state index contributed by atoms with van der Waals surface area (Å²) in [6.07, 6.45) is 1.79. The van der Waals surface area contributed by atoms with Crippen molar-refractivity contribution in [1.29, 1.82) is 0 Å². The highest BCUT2D eigenvalue weighted by Gasteiger charge is 2.16. The number of aromatic nitrogens is 1. The van der Waals surface area contributed by atoms with Gasteiger partial charge in [-0.1, -0.05) is 23.2 Å². The molecule has 2 aromatic carbocycles. The molecule has 0 saturated heterocycles. The molecule has 0 fully saturated rings. The summed E-state index contributed by atoms with van der Waals surface area (Å²) < 4.78 is 0.938. The summed E-state index contributed by atoms with van der Waals surface area (Å²) >= 11 is 13.8. The van der Waals surface area contributed by atoms with E-state index in [1.54, 1.807) is 18.4 Å². The Hall–Kier alpha value is -1.62. The molecule has 20 heavy (non-hydrogen) atoms. The molecule has 1 radical (unpaired) electrons. The molecule has 0 atom stereocenters. The van der Waals surface area contributed by atoms with Crippen LogP contribution in [-0.4, -0.2) is 11.3 Å². The molecule has 3 nitrogen and oxygen atoms in total. The molecule has 0 saturated carbocycles. The first-order valence-electron chi connectivity index (χ1n) is 5.62. The zero-order chi connectivity index (χ0) is 14.3. The first kappa shape index (κ1) is 13.4. The Morgan fingerprint density at radius 3 is 2.75 bits per heavy atom. The number of thiazole rings is 1.